The molecule has 2 aliphatic heterocycles. The molecule has 7 nitrogen and oxygen atoms in total. The minimum absolute atomic E-state index is 0.0491. The van der Waals surface area contributed by atoms with Crippen LogP contribution >= 0.6 is 0 Å². The van der Waals surface area contributed by atoms with E-state index in [1.165, 1.54) is 10.6 Å². The fourth-order valence-corrected chi connectivity index (χ4v) is 4.81. The van der Waals surface area contributed by atoms with Crippen LogP contribution in [0.25, 0.3) is 0 Å². The molecule has 2 saturated heterocycles. The third kappa shape index (κ3) is 3.18. The quantitative estimate of drug-likeness (QED) is 0.785. The first-order valence-electron chi connectivity index (χ1n) is 7.99. The summed E-state index contributed by atoms with van der Waals surface area (Å²) in [4.78, 5) is 18.5. The number of sulfonamides is 1. The maximum atomic E-state index is 12.7. The Bertz CT molecular complexity index is 709. The fourth-order valence-electron chi connectivity index (χ4n) is 3.87. The van der Waals surface area contributed by atoms with Gasteiger partial charge in [0.05, 0.1) is 18.4 Å². The Morgan fingerprint density at radius 2 is 2.25 bits per heavy atom. The molecule has 8 heteroatoms. The highest BCUT2D eigenvalue weighted by atomic mass is 32.2. The lowest BCUT2D eigenvalue weighted by molar-refractivity contribution is 0.00341. The fraction of sp³-hybridized carbons (Fsp3) is 0.625. The molecule has 0 bridgehead atoms. The van der Waals surface area contributed by atoms with Crippen LogP contribution in [0.5, 0.6) is 0 Å². The van der Waals surface area contributed by atoms with E-state index in [-0.39, 0.29) is 17.2 Å². The first kappa shape index (κ1) is 17.3. The first-order valence-corrected chi connectivity index (χ1v) is 9.84. The normalized spacial score (nSPS) is 27.9. The molecule has 0 spiro atoms. The van der Waals surface area contributed by atoms with E-state index in [4.69, 9.17) is 4.74 Å². The lowest BCUT2D eigenvalue weighted by atomic mass is 9.73. The third-order valence-corrected chi connectivity index (χ3v) is 6.41. The number of fused-ring (bicyclic) bond motifs is 1. The summed E-state index contributed by atoms with van der Waals surface area (Å²) < 4.78 is 30.8. The molecule has 0 radical (unpaired) electrons. The van der Waals surface area contributed by atoms with Crippen LogP contribution in [-0.2, 0) is 14.8 Å². The van der Waals surface area contributed by atoms with Crippen LogP contribution in [0.1, 0.15) is 16.8 Å². The van der Waals surface area contributed by atoms with Crippen molar-refractivity contribution in [1.82, 2.24) is 14.2 Å². The lowest BCUT2D eigenvalue weighted by Crippen LogP contribution is -2.50. The molecule has 2 fully saturated rings. The van der Waals surface area contributed by atoms with Gasteiger partial charge in [-0.3, -0.25) is 9.78 Å². The van der Waals surface area contributed by atoms with Crippen molar-refractivity contribution in [2.45, 2.75) is 6.42 Å². The number of piperidine rings is 1. The maximum absolute atomic E-state index is 12.7. The number of rotatable bonds is 4. The van der Waals surface area contributed by atoms with Crippen LogP contribution in [0.2, 0.25) is 0 Å². The van der Waals surface area contributed by atoms with E-state index < -0.39 is 10.0 Å². The Labute approximate surface area is 142 Å². The van der Waals surface area contributed by atoms with Gasteiger partial charge >= 0.3 is 0 Å². The van der Waals surface area contributed by atoms with E-state index in [9.17, 15) is 13.2 Å². The van der Waals surface area contributed by atoms with Crippen molar-refractivity contribution in [1.29, 1.82) is 0 Å². The Kier molecular flexibility index (Phi) is 4.63. The van der Waals surface area contributed by atoms with Crippen molar-refractivity contribution in [2.24, 2.45) is 11.3 Å². The number of likely N-dealkylation sites (tertiary alicyclic amines) is 1. The summed E-state index contributed by atoms with van der Waals surface area (Å²) in [5.41, 5.74) is 0.360. The summed E-state index contributed by atoms with van der Waals surface area (Å²) >= 11 is 0. The Morgan fingerprint density at radius 3 is 2.88 bits per heavy atom. The van der Waals surface area contributed by atoms with E-state index in [1.54, 1.807) is 36.5 Å². The minimum Gasteiger partial charge on any atom is -0.384 e. The van der Waals surface area contributed by atoms with Crippen LogP contribution in [0.15, 0.2) is 24.5 Å². The van der Waals surface area contributed by atoms with Gasteiger partial charge in [-0.15, -0.1) is 0 Å². The molecule has 0 aliphatic carbocycles. The smallest absolute Gasteiger partial charge is 0.255 e. The van der Waals surface area contributed by atoms with Crippen LogP contribution in [0.4, 0.5) is 0 Å². The number of amides is 1. The van der Waals surface area contributed by atoms with Crippen LogP contribution < -0.4 is 0 Å². The third-order valence-electron chi connectivity index (χ3n) is 5.20. The van der Waals surface area contributed by atoms with Crippen molar-refractivity contribution >= 4 is 15.9 Å². The molecular weight excluding hydrogens is 330 g/mol. The van der Waals surface area contributed by atoms with Gasteiger partial charge < -0.3 is 9.64 Å². The van der Waals surface area contributed by atoms with Crippen molar-refractivity contribution < 1.29 is 17.9 Å². The summed E-state index contributed by atoms with van der Waals surface area (Å²) in [6.07, 6.45) is 5.18. The van der Waals surface area contributed by atoms with Crippen molar-refractivity contribution in [2.75, 3.05) is 46.2 Å². The summed E-state index contributed by atoms with van der Waals surface area (Å²) in [6.45, 7) is 2.57. The molecule has 3 rings (SSSR count). The number of methoxy groups -OCH3 is 1. The molecule has 1 amide bonds. The van der Waals surface area contributed by atoms with E-state index in [0.29, 0.717) is 38.3 Å². The number of carbonyl (C=O) groups excluding carboxylic acids is 1. The van der Waals surface area contributed by atoms with Gasteiger partial charge in [0.1, 0.15) is 0 Å². The molecule has 2 aliphatic rings. The Hall–Kier alpha value is -1.51. The first-order chi connectivity index (χ1) is 11.4. The lowest BCUT2D eigenvalue weighted by Gasteiger charge is -2.43. The summed E-state index contributed by atoms with van der Waals surface area (Å²) in [5, 5.41) is 0. The zero-order valence-corrected chi connectivity index (χ0v) is 14.8. The number of ether oxygens (including phenoxy) is 1. The second-order valence-electron chi connectivity index (χ2n) is 6.79. The number of hydrogen-bond donors (Lipinski definition) is 0. The number of carbonyl (C=O) groups is 1. The Morgan fingerprint density at radius 1 is 1.46 bits per heavy atom. The highest BCUT2D eigenvalue weighted by Crippen LogP contribution is 2.44. The van der Waals surface area contributed by atoms with Gasteiger partial charge in [-0.2, -0.15) is 0 Å². The Balaban J connectivity index is 1.80. The topological polar surface area (TPSA) is 79.8 Å². The molecule has 0 aromatic carbocycles. The van der Waals surface area contributed by atoms with Gasteiger partial charge in [0.2, 0.25) is 10.0 Å². The number of pyridine rings is 1. The summed E-state index contributed by atoms with van der Waals surface area (Å²) in [5.74, 6) is 0.0356. The zero-order chi connectivity index (χ0) is 17.4. The van der Waals surface area contributed by atoms with E-state index in [2.05, 4.69) is 4.98 Å². The average molecular weight is 353 g/mol. The average Bonchev–Trinajstić information content (AvgIpc) is 2.94. The minimum atomic E-state index is -3.24. The molecule has 132 valence electrons. The zero-order valence-electron chi connectivity index (χ0n) is 14.0. The molecule has 2 unspecified atom stereocenters. The van der Waals surface area contributed by atoms with Crippen molar-refractivity contribution in [3.05, 3.63) is 30.1 Å². The van der Waals surface area contributed by atoms with E-state index in [0.717, 1.165) is 6.42 Å². The SMILES string of the molecule is COCC12CCN(C(=O)c3cccnc3)CC1CN(S(C)(=O)=O)C2. The highest BCUT2D eigenvalue weighted by molar-refractivity contribution is 7.88. The maximum Gasteiger partial charge on any atom is 0.255 e. The molecule has 0 N–H and O–H groups in total. The van der Waals surface area contributed by atoms with Crippen LogP contribution in [-0.4, -0.2) is 74.7 Å². The summed E-state index contributed by atoms with van der Waals surface area (Å²) in [7, 11) is -1.60. The monoisotopic (exact) mass is 353 g/mol. The van der Waals surface area contributed by atoms with E-state index >= 15 is 0 Å². The second kappa shape index (κ2) is 6.42. The molecule has 2 atom stereocenters. The molecular formula is C16H23N3O4S. The number of hydrogen-bond acceptors (Lipinski definition) is 5. The number of aromatic nitrogens is 1. The predicted molar refractivity (Wildman–Crippen MR) is 89.0 cm³/mol. The standard InChI is InChI=1S/C16H23N3O4S/c1-23-12-16-5-7-18(15(20)13-4-3-6-17-8-13)9-14(16)10-19(11-16)24(2,21)22/h3-4,6,8,14H,5,7,9-12H2,1-2H3. The van der Waals surface area contributed by atoms with E-state index in [1.807, 2.05) is 0 Å². The predicted octanol–water partition coefficient (Wildman–Crippen LogP) is 0.452. The molecule has 0 saturated carbocycles. The van der Waals surface area contributed by atoms with Gasteiger partial charge in [-0.1, -0.05) is 0 Å². The van der Waals surface area contributed by atoms with Crippen molar-refractivity contribution in [3.8, 4) is 0 Å². The van der Waals surface area contributed by atoms with Gasteiger partial charge in [0, 0.05) is 51.1 Å². The molecule has 24 heavy (non-hydrogen) atoms. The van der Waals surface area contributed by atoms with Gasteiger partial charge in [-0.25, -0.2) is 12.7 Å². The molecule has 1 aromatic heterocycles. The van der Waals surface area contributed by atoms with Crippen molar-refractivity contribution in [3.63, 3.8) is 0 Å². The van der Waals surface area contributed by atoms with Gasteiger partial charge in [0.25, 0.3) is 5.91 Å². The largest absolute Gasteiger partial charge is 0.384 e. The molecule has 1 aromatic rings. The number of nitrogens with zero attached hydrogens (tertiary/aromatic N) is 3. The van der Waals surface area contributed by atoms with Gasteiger partial charge in [0.15, 0.2) is 0 Å². The van der Waals surface area contributed by atoms with Crippen LogP contribution in [0.3, 0.4) is 0 Å². The second-order valence-corrected chi connectivity index (χ2v) is 8.77. The van der Waals surface area contributed by atoms with Gasteiger partial charge in [-0.05, 0) is 24.5 Å². The summed E-state index contributed by atoms with van der Waals surface area (Å²) in [6, 6.07) is 3.50. The highest BCUT2D eigenvalue weighted by Gasteiger charge is 2.52. The molecule has 3 heterocycles. The van der Waals surface area contributed by atoms with Crippen LogP contribution in [0, 0.1) is 11.3 Å².